The highest BCUT2D eigenvalue weighted by Crippen LogP contribution is 2.22. The van der Waals surface area contributed by atoms with Crippen LogP contribution >= 0.6 is 0 Å². The number of hydrogen-bond donors (Lipinski definition) is 3. The van der Waals surface area contributed by atoms with Crippen LogP contribution in [-0.2, 0) is 4.79 Å². The number of aliphatic hydroxyl groups excluding tert-OH is 1. The molecule has 5 heteroatoms. The van der Waals surface area contributed by atoms with Crippen molar-refractivity contribution in [3.8, 4) is 0 Å². The number of hydrogen-bond acceptors (Lipinski definition) is 3. The van der Waals surface area contributed by atoms with Gasteiger partial charge in [-0.25, -0.2) is 9.18 Å². The molecule has 1 aliphatic carbocycles. The van der Waals surface area contributed by atoms with Crippen LogP contribution in [0, 0.1) is 0 Å². The van der Waals surface area contributed by atoms with Crippen LogP contribution in [0.4, 0.5) is 4.39 Å². The van der Waals surface area contributed by atoms with Crippen LogP contribution in [0.5, 0.6) is 0 Å². The standard InChI is InChI=1S/C7H7FO4/c8-4-1-2-5(9)7(12,3-4)6(10)11/h1-3,5,9,12H,(H,10,11). The maximum Gasteiger partial charge on any atom is 0.343 e. The van der Waals surface area contributed by atoms with Crippen molar-refractivity contribution >= 4 is 5.97 Å². The van der Waals surface area contributed by atoms with Gasteiger partial charge in [-0.2, -0.15) is 0 Å². The van der Waals surface area contributed by atoms with Crippen molar-refractivity contribution in [2.75, 3.05) is 0 Å². The van der Waals surface area contributed by atoms with Gasteiger partial charge in [0.25, 0.3) is 0 Å². The predicted octanol–water partition coefficient (Wildman–Crippen LogP) is -0.414. The van der Waals surface area contributed by atoms with E-state index in [0.717, 1.165) is 12.2 Å². The van der Waals surface area contributed by atoms with E-state index < -0.39 is 23.5 Å². The van der Waals surface area contributed by atoms with Crippen LogP contribution < -0.4 is 0 Å². The Labute approximate surface area is 67.3 Å². The van der Waals surface area contributed by atoms with Crippen LogP contribution in [-0.4, -0.2) is 33.0 Å². The first-order valence-electron chi connectivity index (χ1n) is 3.17. The molecule has 0 aromatic rings. The molecule has 2 unspecified atom stereocenters. The second-order valence-electron chi connectivity index (χ2n) is 2.46. The minimum atomic E-state index is -2.54. The number of rotatable bonds is 1. The maximum atomic E-state index is 12.5. The Morgan fingerprint density at radius 1 is 1.67 bits per heavy atom. The Hall–Kier alpha value is -1.20. The fourth-order valence-electron chi connectivity index (χ4n) is 0.862. The zero-order valence-electron chi connectivity index (χ0n) is 5.94. The monoisotopic (exact) mass is 174 g/mol. The van der Waals surface area contributed by atoms with Crippen molar-refractivity contribution in [1.82, 2.24) is 0 Å². The Kier molecular flexibility index (Phi) is 1.99. The zero-order chi connectivity index (χ0) is 9.35. The molecule has 4 nitrogen and oxygen atoms in total. The summed E-state index contributed by atoms with van der Waals surface area (Å²) in [6.07, 6.45) is 0.612. The Morgan fingerprint density at radius 2 is 2.25 bits per heavy atom. The highest BCUT2D eigenvalue weighted by Gasteiger charge is 2.42. The van der Waals surface area contributed by atoms with E-state index in [-0.39, 0.29) is 0 Å². The molecule has 3 N–H and O–H groups in total. The van der Waals surface area contributed by atoms with Gasteiger partial charge >= 0.3 is 5.97 Å². The Bertz CT molecular complexity index is 271. The molecule has 0 aromatic heterocycles. The normalized spacial score (nSPS) is 34.6. The van der Waals surface area contributed by atoms with Gasteiger partial charge in [0.05, 0.1) is 0 Å². The van der Waals surface area contributed by atoms with E-state index in [2.05, 4.69) is 0 Å². The van der Waals surface area contributed by atoms with E-state index >= 15 is 0 Å². The van der Waals surface area contributed by atoms with Crippen molar-refractivity contribution in [2.45, 2.75) is 11.7 Å². The quantitative estimate of drug-likeness (QED) is 0.504. The maximum absolute atomic E-state index is 12.5. The third kappa shape index (κ3) is 1.24. The first-order valence-corrected chi connectivity index (χ1v) is 3.17. The number of carboxylic acids is 1. The van der Waals surface area contributed by atoms with Crippen LogP contribution in [0.25, 0.3) is 0 Å². The molecule has 0 aliphatic heterocycles. The van der Waals surface area contributed by atoms with Gasteiger partial charge in [-0.05, 0) is 18.2 Å². The molecule has 0 saturated heterocycles. The molecule has 12 heavy (non-hydrogen) atoms. The molecule has 0 saturated carbocycles. The van der Waals surface area contributed by atoms with Gasteiger partial charge in [-0.15, -0.1) is 0 Å². The van der Waals surface area contributed by atoms with E-state index in [1.165, 1.54) is 0 Å². The number of aliphatic hydroxyl groups is 2. The molecular formula is C7H7FO4. The van der Waals surface area contributed by atoms with E-state index in [9.17, 15) is 14.3 Å². The smallest absolute Gasteiger partial charge is 0.343 e. The first kappa shape index (κ1) is 8.89. The molecule has 0 fully saturated rings. The number of allylic oxidation sites excluding steroid dienone is 2. The van der Waals surface area contributed by atoms with Gasteiger partial charge < -0.3 is 15.3 Å². The molecular weight excluding hydrogens is 167 g/mol. The average Bonchev–Trinajstić information content (AvgIpc) is 1.97. The number of halogens is 1. The van der Waals surface area contributed by atoms with Crippen molar-refractivity contribution in [3.63, 3.8) is 0 Å². The average molecular weight is 174 g/mol. The fourth-order valence-corrected chi connectivity index (χ4v) is 0.862. The molecule has 2 atom stereocenters. The summed E-state index contributed by atoms with van der Waals surface area (Å²) in [7, 11) is 0. The fraction of sp³-hybridized carbons (Fsp3) is 0.286. The summed E-state index contributed by atoms with van der Waals surface area (Å²) in [6, 6.07) is 0. The third-order valence-electron chi connectivity index (χ3n) is 1.59. The van der Waals surface area contributed by atoms with Gasteiger partial charge in [0.15, 0.2) is 0 Å². The largest absolute Gasteiger partial charge is 0.479 e. The van der Waals surface area contributed by atoms with Crippen LogP contribution in [0.2, 0.25) is 0 Å². The van der Waals surface area contributed by atoms with Gasteiger partial charge in [-0.1, -0.05) is 0 Å². The molecule has 1 aliphatic rings. The van der Waals surface area contributed by atoms with Crippen molar-refractivity contribution in [1.29, 1.82) is 0 Å². The number of aliphatic carboxylic acids is 1. The topological polar surface area (TPSA) is 77.8 Å². The molecule has 0 amide bonds. The summed E-state index contributed by atoms with van der Waals surface area (Å²) in [5, 5.41) is 26.6. The van der Waals surface area contributed by atoms with Gasteiger partial charge in [-0.3, -0.25) is 0 Å². The second-order valence-corrected chi connectivity index (χ2v) is 2.46. The Balaban J connectivity index is 3.05. The Morgan fingerprint density at radius 3 is 2.67 bits per heavy atom. The lowest BCUT2D eigenvalue weighted by atomic mass is 9.92. The SMILES string of the molecule is O=C(O)C1(O)C=C(F)C=CC1O. The van der Waals surface area contributed by atoms with E-state index in [4.69, 9.17) is 10.2 Å². The van der Waals surface area contributed by atoms with Gasteiger partial charge in [0.1, 0.15) is 11.9 Å². The van der Waals surface area contributed by atoms with Crippen molar-refractivity contribution in [2.24, 2.45) is 0 Å². The predicted molar refractivity (Wildman–Crippen MR) is 36.9 cm³/mol. The van der Waals surface area contributed by atoms with Crippen molar-refractivity contribution in [3.05, 3.63) is 24.1 Å². The summed E-state index contributed by atoms with van der Waals surface area (Å²) in [4.78, 5) is 10.4. The number of carboxylic acid groups (broad SMARTS) is 1. The number of carbonyl (C=O) groups is 1. The third-order valence-corrected chi connectivity index (χ3v) is 1.59. The molecule has 1 rings (SSSR count). The highest BCUT2D eigenvalue weighted by molar-refractivity contribution is 5.81. The van der Waals surface area contributed by atoms with Crippen molar-refractivity contribution < 1.29 is 24.5 Å². The zero-order valence-corrected chi connectivity index (χ0v) is 5.94. The first-order chi connectivity index (χ1) is 5.47. The minimum absolute atomic E-state index is 0.458. The molecule has 66 valence electrons. The van der Waals surface area contributed by atoms with Gasteiger partial charge in [0, 0.05) is 0 Å². The second kappa shape index (κ2) is 2.69. The lowest BCUT2D eigenvalue weighted by Gasteiger charge is -2.25. The summed E-state index contributed by atoms with van der Waals surface area (Å²) in [5.74, 6) is -2.57. The lowest BCUT2D eigenvalue weighted by Crippen LogP contribution is -2.48. The molecule has 0 aromatic carbocycles. The van der Waals surface area contributed by atoms with E-state index in [1.54, 1.807) is 0 Å². The molecule has 0 spiro atoms. The summed E-state index contributed by atoms with van der Waals surface area (Å²) < 4.78 is 12.5. The minimum Gasteiger partial charge on any atom is -0.479 e. The molecule has 0 heterocycles. The van der Waals surface area contributed by atoms with Crippen LogP contribution in [0.15, 0.2) is 24.1 Å². The molecule has 0 radical (unpaired) electrons. The van der Waals surface area contributed by atoms with Gasteiger partial charge in [0.2, 0.25) is 5.60 Å². The summed E-state index contributed by atoms with van der Waals surface area (Å²) in [6.45, 7) is 0. The van der Waals surface area contributed by atoms with Crippen LogP contribution in [0.3, 0.4) is 0 Å². The van der Waals surface area contributed by atoms with Crippen LogP contribution in [0.1, 0.15) is 0 Å². The lowest BCUT2D eigenvalue weighted by molar-refractivity contribution is -0.160. The highest BCUT2D eigenvalue weighted by atomic mass is 19.1. The van der Waals surface area contributed by atoms with E-state index in [1.807, 2.05) is 0 Å². The summed E-state index contributed by atoms with van der Waals surface area (Å²) in [5.41, 5.74) is -2.54. The summed E-state index contributed by atoms with van der Waals surface area (Å²) >= 11 is 0. The molecule has 0 bridgehead atoms. The van der Waals surface area contributed by atoms with E-state index in [0.29, 0.717) is 6.08 Å².